The van der Waals surface area contributed by atoms with Crippen molar-refractivity contribution in [2.45, 2.75) is 41.0 Å². The smallest absolute Gasteiger partial charge is 0.0366 e. The highest BCUT2D eigenvalue weighted by molar-refractivity contribution is 5.47. The monoisotopic (exact) mass is 207 g/mol. The van der Waals surface area contributed by atoms with Gasteiger partial charge in [-0.15, -0.1) is 0 Å². The summed E-state index contributed by atoms with van der Waals surface area (Å²) in [5.74, 6) is 0. The first kappa shape index (κ1) is 14.0. The number of anilines is 1. The lowest BCUT2D eigenvalue weighted by atomic mass is 10.2. The molecule has 0 atom stereocenters. The zero-order chi connectivity index (χ0) is 11.7. The zero-order valence-electron chi connectivity index (χ0n) is 10.9. The van der Waals surface area contributed by atoms with Crippen molar-refractivity contribution in [3.8, 4) is 0 Å². The zero-order valence-corrected chi connectivity index (χ0v) is 10.9. The van der Waals surface area contributed by atoms with E-state index in [4.69, 9.17) is 0 Å². The van der Waals surface area contributed by atoms with Crippen LogP contribution in [0.2, 0.25) is 0 Å². The van der Waals surface area contributed by atoms with E-state index < -0.39 is 0 Å². The first-order valence-electron chi connectivity index (χ1n) is 6.01. The Balaban J connectivity index is 0.000000583. The van der Waals surface area contributed by atoms with Crippen molar-refractivity contribution >= 4 is 5.69 Å². The summed E-state index contributed by atoms with van der Waals surface area (Å²) in [7, 11) is 0. The van der Waals surface area contributed by atoms with E-state index in [-0.39, 0.29) is 0 Å². The van der Waals surface area contributed by atoms with Gasteiger partial charge in [0.2, 0.25) is 0 Å². The molecule has 1 aromatic rings. The van der Waals surface area contributed by atoms with Gasteiger partial charge >= 0.3 is 0 Å². The Morgan fingerprint density at radius 3 is 1.60 bits per heavy atom. The maximum atomic E-state index is 2.35. The van der Waals surface area contributed by atoms with Crippen LogP contribution >= 0.6 is 0 Å². The van der Waals surface area contributed by atoms with E-state index in [1.165, 1.54) is 17.7 Å². The molecule has 0 aliphatic rings. The lowest BCUT2D eigenvalue weighted by Crippen LogP contribution is -2.21. The second kappa shape index (κ2) is 8.34. The first-order chi connectivity index (χ1) is 7.19. The summed E-state index contributed by atoms with van der Waals surface area (Å²) in [5.41, 5.74) is 2.65. The van der Waals surface area contributed by atoms with Crippen molar-refractivity contribution in [2.24, 2.45) is 0 Å². The van der Waals surface area contributed by atoms with Gasteiger partial charge in [-0.1, -0.05) is 38.0 Å². The molecule has 0 saturated heterocycles. The third kappa shape index (κ3) is 5.46. The van der Waals surface area contributed by atoms with Gasteiger partial charge in [0.05, 0.1) is 0 Å². The van der Waals surface area contributed by atoms with E-state index in [0.29, 0.717) is 0 Å². The van der Waals surface area contributed by atoms with Crippen LogP contribution in [0.15, 0.2) is 24.3 Å². The van der Waals surface area contributed by atoms with Crippen LogP contribution in [0.3, 0.4) is 0 Å². The Morgan fingerprint density at radius 1 is 0.867 bits per heavy atom. The lowest BCUT2D eigenvalue weighted by molar-refractivity contribution is 0.866. The Bertz CT molecular complexity index is 234. The van der Waals surface area contributed by atoms with Crippen molar-refractivity contribution in [3.63, 3.8) is 0 Å². The molecule has 0 fully saturated rings. The standard InChI is InChI=1S/C11H17N.C3H8/c1-4-12(5-2)11-8-6-10(3)7-9-11;1-3-2/h6-9H,4-5H2,1-3H3;3H2,1-2H3. The molecule has 15 heavy (non-hydrogen) atoms. The van der Waals surface area contributed by atoms with Gasteiger partial charge in [-0.25, -0.2) is 0 Å². The van der Waals surface area contributed by atoms with E-state index in [0.717, 1.165) is 13.1 Å². The topological polar surface area (TPSA) is 3.24 Å². The molecule has 0 amide bonds. The molecule has 0 N–H and O–H groups in total. The van der Waals surface area contributed by atoms with E-state index in [1.54, 1.807) is 0 Å². The molecule has 1 rings (SSSR count). The van der Waals surface area contributed by atoms with Gasteiger partial charge in [0.1, 0.15) is 0 Å². The third-order valence-corrected chi connectivity index (χ3v) is 2.16. The fourth-order valence-electron chi connectivity index (χ4n) is 1.34. The van der Waals surface area contributed by atoms with Crippen LogP contribution in [0.1, 0.15) is 39.7 Å². The van der Waals surface area contributed by atoms with E-state index in [2.05, 4.69) is 63.8 Å². The number of benzene rings is 1. The normalized spacial score (nSPS) is 9.13. The minimum absolute atomic E-state index is 1.08. The van der Waals surface area contributed by atoms with E-state index in [9.17, 15) is 0 Å². The van der Waals surface area contributed by atoms with Crippen LogP contribution in [0.5, 0.6) is 0 Å². The maximum Gasteiger partial charge on any atom is 0.0366 e. The van der Waals surface area contributed by atoms with Gasteiger partial charge < -0.3 is 4.90 Å². The van der Waals surface area contributed by atoms with Crippen LogP contribution in [-0.2, 0) is 0 Å². The molecular formula is C14H25N. The third-order valence-electron chi connectivity index (χ3n) is 2.16. The van der Waals surface area contributed by atoms with Crippen molar-refractivity contribution < 1.29 is 0 Å². The quantitative estimate of drug-likeness (QED) is 0.716. The predicted molar refractivity (Wildman–Crippen MR) is 70.7 cm³/mol. The largest absolute Gasteiger partial charge is 0.372 e. The molecule has 0 saturated carbocycles. The molecule has 0 bridgehead atoms. The molecule has 1 nitrogen and oxygen atoms in total. The van der Waals surface area contributed by atoms with Crippen molar-refractivity contribution in [2.75, 3.05) is 18.0 Å². The van der Waals surface area contributed by atoms with Crippen LogP contribution in [-0.4, -0.2) is 13.1 Å². The van der Waals surface area contributed by atoms with Gasteiger partial charge in [0, 0.05) is 18.8 Å². The van der Waals surface area contributed by atoms with Crippen LogP contribution < -0.4 is 4.90 Å². The number of nitrogens with zero attached hydrogens (tertiary/aromatic N) is 1. The van der Waals surface area contributed by atoms with Gasteiger partial charge in [-0.3, -0.25) is 0 Å². The van der Waals surface area contributed by atoms with E-state index in [1.807, 2.05) is 0 Å². The average Bonchev–Trinajstić information content (AvgIpc) is 2.24. The van der Waals surface area contributed by atoms with Crippen LogP contribution in [0, 0.1) is 6.92 Å². The minimum Gasteiger partial charge on any atom is -0.372 e. The number of hydrogen-bond donors (Lipinski definition) is 0. The Hall–Kier alpha value is -0.980. The summed E-state index contributed by atoms with van der Waals surface area (Å²) >= 11 is 0. The SMILES string of the molecule is CCC.CCN(CC)c1ccc(C)cc1. The Morgan fingerprint density at radius 2 is 1.27 bits per heavy atom. The summed E-state index contributed by atoms with van der Waals surface area (Å²) < 4.78 is 0. The molecule has 1 heteroatoms. The highest BCUT2D eigenvalue weighted by atomic mass is 15.1. The van der Waals surface area contributed by atoms with Crippen molar-refractivity contribution in [3.05, 3.63) is 29.8 Å². The highest BCUT2D eigenvalue weighted by Gasteiger charge is 1.98. The molecule has 0 heterocycles. The second-order valence-electron chi connectivity index (χ2n) is 3.71. The fraction of sp³-hybridized carbons (Fsp3) is 0.571. The molecule has 0 aliphatic heterocycles. The van der Waals surface area contributed by atoms with Crippen molar-refractivity contribution in [1.82, 2.24) is 0 Å². The summed E-state index contributed by atoms with van der Waals surface area (Å²) in [6.07, 6.45) is 1.25. The summed E-state index contributed by atoms with van der Waals surface area (Å²) in [6.45, 7) is 12.9. The second-order valence-corrected chi connectivity index (χ2v) is 3.71. The summed E-state index contributed by atoms with van der Waals surface area (Å²) in [5, 5.41) is 0. The summed E-state index contributed by atoms with van der Waals surface area (Å²) in [4.78, 5) is 2.35. The molecule has 1 aromatic carbocycles. The molecule has 0 radical (unpaired) electrons. The Labute approximate surface area is 95.1 Å². The number of rotatable bonds is 3. The molecule has 0 unspecified atom stereocenters. The number of aryl methyl sites for hydroxylation is 1. The maximum absolute atomic E-state index is 2.35. The lowest BCUT2D eigenvalue weighted by Gasteiger charge is -2.20. The van der Waals surface area contributed by atoms with Gasteiger partial charge in [0.25, 0.3) is 0 Å². The average molecular weight is 207 g/mol. The number of hydrogen-bond acceptors (Lipinski definition) is 1. The van der Waals surface area contributed by atoms with Gasteiger partial charge in [0.15, 0.2) is 0 Å². The molecule has 0 spiro atoms. The highest BCUT2D eigenvalue weighted by Crippen LogP contribution is 2.13. The van der Waals surface area contributed by atoms with E-state index >= 15 is 0 Å². The molecule has 86 valence electrons. The summed E-state index contributed by atoms with van der Waals surface area (Å²) in [6, 6.07) is 8.69. The molecular weight excluding hydrogens is 182 g/mol. The molecule has 0 aliphatic carbocycles. The van der Waals surface area contributed by atoms with Gasteiger partial charge in [-0.2, -0.15) is 0 Å². The molecule has 0 aromatic heterocycles. The van der Waals surface area contributed by atoms with Gasteiger partial charge in [-0.05, 0) is 32.9 Å². The van der Waals surface area contributed by atoms with Crippen molar-refractivity contribution in [1.29, 1.82) is 0 Å². The predicted octanol–water partition coefficient (Wildman–Crippen LogP) is 4.26. The van der Waals surface area contributed by atoms with Crippen LogP contribution in [0.4, 0.5) is 5.69 Å². The first-order valence-corrected chi connectivity index (χ1v) is 6.01. The fourth-order valence-corrected chi connectivity index (χ4v) is 1.34. The Kier molecular flexibility index (Phi) is 7.79. The van der Waals surface area contributed by atoms with Crippen LogP contribution in [0.25, 0.3) is 0 Å². The minimum atomic E-state index is 1.08.